The Hall–Kier alpha value is -0.320. The number of carbonyl (C=O) groups is 1. The van der Waals surface area contributed by atoms with E-state index in [1.807, 2.05) is 0 Å². The average Bonchev–Trinajstić information content (AvgIpc) is 3.03. The number of nitrogens with one attached hydrogen (secondary N) is 2. The van der Waals surface area contributed by atoms with Crippen LogP contribution in [0.15, 0.2) is 0 Å². The van der Waals surface area contributed by atoms with Gasteiger partial charge in [0.1, 0.15) is 6.61 Å². The second kappa shape index (κ2) is 7.09. The zero-order chi connectivity index (χ0) is 10.5. The van der Waals surface area contributed by atoms with Gasteiger partial charge in [0.15, 0.2) is 0 Å². The molecule has 2 aliphatic rings. The summed E-state index contributed by atoms with van der Waals surface area (Å²) >= 11 is 0. The SMILES string of the molecule is Cl.O=C(COCC1CC1)N[C@@H]1CCCNC1. The van der Waals surface area contributed by atoms with Crippen molar-refractivity contribution in [2.75, 3.05) is 26.3 Å². The molecule has 0 radical (unpaired) electrons. The van der Waals surface area contributed by atoms with E-state index in [2.05, 4.69) is 10.6 Å². The number of carbonyl (C=O) groups excluding carboxylic acids is 1. The largest absolute Gasteiger partial charge is 0.371 e. The van der Waals surface area contributed by atoms with E-state index in [1.54, 1.807) is 0 Å². The summed E-state index contributed by atoms with van der Waals surface area (Å²) in [4.78, 5) is 11.4. The van der Waals surface area contributed by atoms with Crippen LogP contribution in [0.1, 0.15) is 25.7 Å². The molecule has 2 fully saturated rings. The number of hydrogen-bond acceptors (Lipinski definition) is 3. The highest BCUT2D eigenvalue weighted by Crippen LogP contribution is 2.28. The summed E-state index contributed by atoms with van der Waals surface area (Å²) in [6.07, 6.45) is 4.78. The van der Waals surface area contributed by atoms with E-state index >= 15 is 0 Å². The molecule has 0 aromatic heterocycles. The van der Waals surface area contributed by atoms with Crippen LogP contribution in [0.3, 0.4) is 0 Å². The highest BCUT2D eigenvalue weighted by atomic mass is 35.5. The molecule has 5 heteroatoms. The van der Waals surface area contributed by atoms with Crippen molar-refractivity contribution >= 4 is 18.3 Å². The zero-order valence-corrected chi connectivity index (χ0v) is 10.4. The lowest BCUT2D eigenvalue weighted by molar-refractivity contribution is -0.126. The van der Waals surface area contributed by atoms with Gasteiger partial charge in [-0.05, 0) is 38.1 Å². The van der Waals surface area contributed by atoms with Crippen LogP contribution in [-0.2, 0) is 9.53 Å². The first-order valence-electron chi connectivity index (χ1n) is 5.92. The van der Waals surface area contributed by atoms with Crippen molar-refractivity contribution in [3.8, 4) is 0 Å². The molecule has 1 atom stereocenters. The Morgan fingerprint density at radius 2 is 2.19 bits per heavy atom. The third-order valence-electron chi connectivity index (χ3n) is 2.95. The summed E-state index contributed by atoms with van der Waals surface area (Å²) in [5.74, 6) is 0.762. The van der Waals surface area contributed by atoms with Crippen LogP contribution in [0, 0.1) is 5.92 Å². The van der Waals surface area contributed by atoms with Crippen molar-refractivity contribution < 1.29 is 9.53 Å². The van der Waals surface area contributed by atoms with E-state index < -0.39 is 0 Å². The second-order valence-electron chi connectivity index (χ2n) is 4.57. The number of amides is 1. The quantitative estimate of drug-likeness (QED) is 0.753. The van der Waals surface area contributed by atoms with Gasteiger partial charge in [-0.15, -0.1) is 12.4 Å². The van der Waals surface area contributed by atoms with Crippen molar-refractivity contribution in [3.05, 3.63) is 0 Å². The van der Waals surface area contributed by atoms with Crippen LogP contribution in [0.2, 0.25) is 0 Å². The highest BCUT2D eigenvalue weighted by Gasteiger charge is 2.22. The number of piperidine rings is 1. The molecule has 0 aromatic rings. The fraction of sp³-hybridized carbons (Fsp3) is 0.909. The fourth-order valence-electron chi connectivity index (χ4n) is 1.85. The first-order chi connectivity index (χ1) is 7.34. The maximum Gasteiger partial charge on any atom is 0.246 e. The molecule has 1 aliphatic carbocycles. The molecule has 0 aromatic carbocycles. The van der Waals surface area contributed by atoms with Crippen molar-refractivity contribution in [3.63, 3.8) is 0 Å². The van der Waals surface area contributed by atoms with E-state index in [0.717, 1.165) is 38.5 Å². The highest BCUT2D eigenvalue weighted by molar-refractivity contribution is 5.85. The number of halogens is 1. The molecule has 0 unspecified atom stereocenters. The van der Waals surface area contributed by atoms with Gasteiger partial charge in [0.25, 0.3) is 0 Å². The lowest BCUT2D eigenvalue weighted by Crippen LogP contribution is -2.46. The minimum atomic E-state index is 0. The lowest BCUT2D eigenvalue weighted by atomic mass is 10.1. The summed E-state index contributed by atoms with van der Waals surface area (Å²) in [6, 6.07) is 0.302. The monoisotopic (exact) mass is 248 g/mol. The van der Waals surface area contributed by atoms with Crippen LogP contribution in [0.25, 0.3) is 0 Å². The maximum absolute atomic E-state index is 11.4. The number of hydrogen-bond donors (Lipinski definition) is 2. The first-order valence-corrected chi connectivity index (χ1v) is 5.92. The summed E-state index contributed by atoms with van der Waals surface area (Å²) in [6.45, 7) is 2.96. The van der Waals surface area contributed by atoms with Gasteiger partial charge in [-0.25, -0.2) is 0 Å². The van der Waals surface area contributed by atoms with Crippen LogP contribution in [-0.4, -0.2) is 38.3 Å². The Labute approximate surface area is 103 Å². The van der Waals surface area contributed by atoms with Gasteiger partial charge < -0.3 is 15.4 Å². The Morgan fingerprint density at radius 1 is 1.38 bits per heavy atom. The fourth-order valence-corrected chi connectivity index (χ4v) is 1.85. The molecule has 2 rings (SSSR count). The van der Waals surface area contributed by atoms with Gasteiger partial charge in [0.05, 0.1) is 6.61 Å². The first kappa shape index (κ1) is 13.7. The maximum atomic E-state index is 11.4. The van der Waals surface area contributed by atoms with Crippen LogP contribution in [0.4, 0.5) is 0 Å². The van der Waals surface area contributed by atoms with Gasteiger partial charge in [-0.3, -0.25) is 4.79 Å². The topological polar surface area (TPSA) is 50.4 Å². The molecule has 16 heavy (non-hydrogen) atoms. The summed E-state index contributed by atoms with van der Waals surface area (Å²) in [7, 11) is 0. The normalized spacial score (nSPS) is 24.6. The number of ether oxygens (including phenoxy) is 1. The predicted octanol–water partition coefficient (Wildman–Crippen LogP) is 0.703. The van der Waals surface area contributed by atoms with Crippen LogP contribution < -0.4 is 10.6 Å². The molecule has 94 valence electrons. The standard InChI is InChI=1S/C11H20N2O2.ClH/c14-11(8-15-7-9-3-4-9)13-10-2-1-5-12-6-10;/h9-10,12H,1-8H2,(H,13,14);1H/t10-;/m1./s1. The second-order valence-corrected chi connectivity index (χ2v) is 4.57. The molecule has 1 saturated carbocycles. The van der Waals surface area contributed by atoms with Gasteiger partial charge in [0, 0.05) is 12.6 Å². The van der Waals surface area contributed by atoms with Gasteiger partial charge >= 0.3 is 0 Å². The van der Waals surface area contributed by atoms with Crippen molar-refractivity contribution in [2.24, 2.45) is 5.92 Å². The predicted molar refractivity (Wildman–Crippen MR) is 64.8 cm³/mol. The third kappa shape index (κ3) is 5.14. The summed E-state index contributed by atoms with van der Waals surface area (Å²) in [5.41, 5.74) is 0. The van der Waals surface area contributed by atoms with Crippen molar-refractivity contribution in [1.82, 2.24) is 10.6 Å². The van der Waals surface area contributed by atoms with E-state index in [-0.39, 0.29) is 24.9 Å². The van der Waals surface area contributed by atoms with E-state index in [4.69, 9.17) is 4.74 Å². The summed E-state index contributed by atoms with van der Waals surface area (Å²) in [5, 5.41) is 6.26. The molecule has 0 spiro atoms. The van der Waals surface area contributed by atoms with Crippen molar-refractivity contribution in [1.29, 1.82) is 0 Å². The Bertz CT molecular complexity index is 216. The van der Waals surface area contributed by atoms with E-state index in [9.17, 15) is 4.79 Å². The molecule has 4 nitrogen and oxygen atoms in total. The van der Waals surface area contributed by atoms with Gasteiger partial charge in [-0.1, -0.05) is 0 Å². The molecule has 2 N–H and O–H groups in total. The molecular weight excluding hydrogens is 228 g/mol. The Balaban J connectivity index is 0.00000128. The number of rotatable bonds is 5. The Kier molecular flexibility index (Phi) is 6.09. The smallest absolute Gasteiger partial charge is 0.246 e. The molecule has 1 amide bonds. The van der Waals surface area contributed by atoms with Gasteiger partial charge in [-0.2, -0.15) is 0 Å². The summed E-state index contributed by atoms with van der Waals surface area (Å²) < 4.78 is 5.33. The Morgan fingerprint density at radius 3 is 2.81 bits per heavy atom. The van der Waals surface area contributed by atoms with E-state index in [1.165, 1.54) is 12.8 Å². The van der Waals surface area contributed by atoms with Crippen LogP contribution in [0.5, 0.6) is 0 Å². The average molecular weight is 249 g/mol. The molecule has 1 saturated heterocycles. The molecule has 1 aliphatic heterocycles. The van der Waals surface area contributed by atoms with Crippen molar-refractivity contribution in [2.45, 2.75) is 31.7 Å². The zero-order valence-electron chi connectivity index (χ0n) is 9.54. The molecule has 1 heterocycles. The van der Waals surface area contributed by atoms with E-state index in [0.29, 0.717) is 6.04 Å². The molecule has 0 bridgehead atoms. The minimum absolute atomic E-state index is 0. The van der Waals surface area contributed by atoms with Crippen LogP contribution >= 0.6 is 12.4 Å². The third-order valence-corrected chi connectivity index (χ3v) is 2.95. The lowest BCUT2D eigenvalue weighted by Gasteiger charge is -2.23. The van der Waals surface area contributed by atoms with Gasteiger partial charge in [0.2, 0.25) is 5.91 Å². The molecular formula is C11H21ClN2O2. The minimum Gasteiger partial charge on any atom is -0.371 e.